The fraction of sp³-hybridized carbons (Fsp3) is 0.192. The topological polar surface area (TPSA) is 42.7 Å². The summed E-state index contributed by atoms with van der Waals surface area (Å²) in [6.07, 6.45) is -3.92. The van der Waals surface area contributed by atoms with Crippen molar-refractivity contribution in [3.05, 3.63) is 105 Å². The van der Waals surface area contributed by atoms with Crippen LogP contribution in [0.5, 0.6) is 5.75 Å². The maximum absolute atomic E-state index is 12.9. The van der Waals surface area contributed by atoms with E-state index in [0.29, 0.717) is 41.1 Å². The number of anilines is 1. The average Bonchev–Trinajstić information content (AvgIpc) is 2.81. The summed E-state index contributed by atoms with van der Waals surface area (Å²) in [5.41, 5.74) is 3.09. The molecule has 33 heavy (non-hydrogen) atoms. The van der Waals surface area contributed by atoms with Crippen LogP contribution in [0.1, 0.15) is 27.8 Å². The molecule has 0 radical (unpaired) electrons. The van der Waals surface area contributed by atoms with Crippen molar-refractivity contribution in [2.24, 2.45) is 0 Å². The number of fused-ring (bicyclic) bond motifs is 3. The number of ether oxygens (including phenoxy) is 1. The summed E-state index contributed by atoms with van der Waals surface area (Å²) in [4.78, 5) is 14.7. The lowest BCUT2D eigenvalue weighted by molar-refractivity contribution is -0.137. The highest BCUT2D eigenvalue weighted by molar-refractivity contribution is 5.86. The number of alkyl halides is 3. The van der Waals surface area contributed by atoms with Crippen molar-refractivity contribution < 1.29 is 22.3 Å². The zero-order chi connectivity index (χ0) is 23.2. The van der Waals surface area contributed by atoms with Gasteiger partial charge in [0.25, 0.3) is 0 Å². The van der Waals surface area contributed by atoms with E-state index in [4.69, 9.17) is 9.15 Å². The molecular weight excluding hydrogens is 431 g/mol. The van der Waals surface area contributed by atoms with Crippen molar-refractivity contribution in [1.82, 2.24) is 0 Å². The highest BCUT2D eigenvalue weighted by Gasteiger charge is 2.30. The van der Waals surface area contributed by atoms with Crippen LogP contribution in [0.15, 0.2) is 75.9 Å². The molecule has 0 bridgehead atoms. The molecule has 0 saturated carbocycles. The monoisotopic (exact) mass is 451 g/mol. The molecule has 2 heterocycles. The van der Waals surface area contributed by atoms with Gasteiger partial charge in [0.15, 0.2) is 6.73 Å². The van der Waals surface area contributed by atoms with E-state index in [0.717, 1.165) is 28.6 Å². The van der Waals surface area contributed by atoms with Crippen molar-refractivity contribution in [1.29, 1.82) is 0 Å². The minimum Gasteiger partial charge on any atom is -0.473 e. The number of nitrogens with zero attached hydrogens (tertiary/aromatic N) is 1. The summed E-state index contributed by atoms with van der Waals surface area (Å²) in [5, 5.41) is 0.817. The van der Waals surface area contributed by atoms with Gasteiger partial charge in [-0.25, -0.2) is 4.79 Å². The van der Waals surface area contributed by atoms with Crippen LogP contribution >= 0.6 is 0 Å². The van der Waals surface area contributed by atoms with E-state index in [9.17, 15) is 18.0 Å². The molecule has 168 valence electrons. The fourth-order valence-corrected chi connectivity index (χ4v) is 4.19. The second-order valence-corrected chi connectivity index (χ2v) is 8.09. The average molecular weight is 451 g/mol. The van der Waals surface area contributed by atoms with Crippen molar-refractivity contribution in [3.63, 3.8) is 0 Å². The van der Waals surface area contributed by atoms with Crippen LogP contribution in [0, 0.1) is 6.92 Å². The van der Waals surface area contributed by atoms with Gasteiger partial charge in [-0.15, -0.1) is 0 Å². The first kappa shape index (κ1) is 21.1. The molecule has 4 nitrogen and oxygen atoms in total. The van der Waals surface area contributed by atoms with Crippen LogP contribution in [0.2, 0.25) is 0 Å². The number of hydrogen-bond donors (Lipinski definition) is 0. The number of halogens is 3. The molecule has 7 heteroatoms. The Morgan fingerprint density at radius 2 is 1.70 bits per heavy atom. The second-order valence-electron chi connectivity index (χ2n) is 8.09. The zero-order valence-corrected chi connectivity index (χ0v) is 17.8. The maximum atomic E-state index is 12.9. The van der Waals surface area contributed by atoms with Crippen LogP contribution in [-0.2, 0) is 19.1 Å². The molecule has 0 amide bonds. The SMILES string of the molecule is Cc1c(Cc2ccccc2)c(=O)oc2c3c(ccc12)OCN(c1ccc(C(F)(F)F)cc1)C3. The number of benzene rings is 3. The molecule has 0 spiro atoms. The van der Waals surface area contributed by atoms with Gasteiger partial charge < -0.3 is 14.1 Å². The molecule has 1 aliphatic rings. The van der Waals surface area contributed by atoms with E-state index in [1.54, 1.807) is 4.90 Å². The van der Waals surface area contributed by atoms with Crippen molar-refractivity contribution >= 4 is 16.7 Å². The van der Waals surface area contributed by atoms with Gasteiger partial charge >= 0.3 is 11.8 Å². The zero-order valence-electron chi connectivity index (χ0n) is 17.8. The summed E-state index contributed by atoms with van der Waals surface area (Å²) in [6, 6.07) is 18.4. The van der Waals surface area contributed by atoms with Gasteiger partial charge in [0.1, 0.15) is 11.3 Å². The Bertz CT molecular complexity index is 1380. The molecule has 0 saturated heterocycles. The molecule has 1 aliphatic heterocycles. The summed E-state index contributed by atoms with van der Waals surface area (Å²) in [5.74, 6) is 0.601. The Morgan fingerprint density at radius 3 is 2.39 bits per heavy atom. The fourth-order valence-electron chi connectivity index (χ4n) is 4.19. The first-order valence-electron chi connectivity index (χ1n) is 10.5. The summed E-state index contributed by atoms with van der Waals surface area (Å²) < 4.78 is 50.3. The first-order chi connectivity index (χ1) is 15.8. The maximum Gasteiger partial charge on any atom is 0.416 e. The lowest BCUT2D eigenvalue weighted by atomic mass is 9.97. The van der Waals surface area contributed by atoms with Crippen LogP contribution < -0.4 is 15.3 Å². The van der Waals surface area contributed by atoms with Crippen molar-refractivity contribution in [2.75, 3.05) is 11.6 Å². The summed E-state index contributed by atoms with van der Waals surface area (Å²) in [6.45, 7) is 2.43. The van der Waals surface area contributed by atoms with E-state index >= 15 is 0 Å². The van der Waals surface area contributed by atoms with Crippen LogP contribution in [0.3, 0.4) is 0 Å². The Hall–Kier alpha value is -3.74. The lowest BCUT2D eigenvalue weighted by Gasteiger charge is -2.31. The molecule has 1 aromatic heterocycles. The standard InChI is InChI=1S/C26H20F3NO3/c1-16-20-11-12-23-22(24(20)33-25(31)21(16)13-17-5-3-2-4-6-17)14-30(15-32-23)19-9-7-18(8-10-19)26(27,28)29/h2-12H,13-15H2,1H3. The van der Waals surface area contributed by atoms with Gasteiger partial charge in [0, 0.05) is 23.1 Å². The molecule has 0 N–H and O–H groups in total. The third kappa shape index (κ3) is 3.95. The first-order valence-corrected chi connectivity index (χ1v) is 10.5. The third-order valence-electron chi connectivity index (χ3n) is 6.02. The molecule has 3 aromatic carbocycles. The highest BCUT2D eigenvalue weighted by atomic mass is 19.4. The highest BCUT2D eigenvalue weighted by Crippen LogP contribution is 2.36. The van der Waals surface area contributed by atoms with Crippen LogP contribution in [0.25, 0.3) is 11.0 Å². The third-order valence-corrected chi connectivity index (χ3v) is 6.02. The second kappa shape index (κ2) is 7.99. The van der Waals surface area contributed by atoms with E-state index in [1.807, 2.05) is 49.4 Å². The Kier molecular flexibility index (Phi) is 5.12. The van der Waals surface area contributed by atoms with E-state index < -0.39 is 17.4 Å². The summed E-state index contributed by atoms with van der Waals surface area (Å²) >= 11 is 0. The Balaban J connectivity index is 1.52. The largest absolute Gasteiger partial charge is 0.473 e. The lowest BCUT2D eigenvalue weighted by Crippen LogP contribution is -2.32. The van der Waals surface area contributed by atoms with E-state index in [1.165, 1.54) is 12.1 Å². The van der Waals surface area contributed by atoms with Crippen molar-refractivity contribution in [3.8, 4) is 5.75 Å². The van der Waals surface area contributed by atoms with Gasteiger partial charge in [0.2, 0.25) is 0 Å². The van der Waals surface area contributed by atoms with Crippen molar-refractivity contribution in [2.45, 2.75) is 26.1 Å². The predicted molar refractivity (Wildman–Crippen MR) is 120 cm³/mol. The quantitative estimate of drug-likeness (QED) is 0.355. The molecule has 0 fully saturated rings. The van der Waals surface area contributed by atoms with Gasteiger partial charge in [-0.05, 0) is 54.4 Å². The molecule has 5 rings (SSSR count). The van der Waals surface area contributed by atoms with E-state index in [2.05, 4.69) is 0 Å². The van der Waals surface area contributed by atoms with E-state index in [-0.39, 0.29) is 6.73 Å². The number of aryl methyl sites for hydroxylation is 1. The molecule has 0 atom stereocenters. The molecule has 0 aliphatic carbocycles. The van der Waals surface area contributed by atoms with Crippen LogP contribution in [-0.4, -0.2) is 6.73 Å². The van der Waals surface area contributed by atoms with Gasteiger partial charge in [-0.1, -0.05) is 30.3 Å². The summed E-state index contributed by atoms with van der Waals surface area (Å²) in [7, 11) is 0. The molecule has 4 aromatic rings. The minimum absolute atomic E-state index is 0.180. The normalized spacial score (nSPS) is 13.6. The van der Waals surface area contributed by atoms with Gasteiger partial charge in [-0.3, -0.25) is 0 Å². The van der Waals surface area contributed by atoms with Gasteiger partial charge in [0.05, 0.1) is 17.7 Å². The Labute approximate surface area is 187 Å². The van der Waals surface area contributed by atoms with Gasteiger partial charge in [-0.2, -0.15) is 13.2 Å². The Morgan fingerprint density at radius 1 is 0.970 bits per heavy atom. The van der Waals surface area contributed by atoms with Crippen LogP contribution in [0.4, 0.5) is 18.9 Å². The smallest absolute Gasteiger partial charge is 0.416 e. The minimum atomic E-state index is -4.39. The number of hydrogen-bond acceptors (Lipinski definition) is 4. The number of rotatable bonds is 3. The molecular formula is C26H20F3NO3. The predicted octanol–water partition coefficient (Wildman–Crippen LogP) is 6.07. The molecule has 0 unspecified atom stereocenters.